The smallest absolute Gasteiger partial charge is 0.264 e. The Morgan fingerprint density at radius 2 is 1.57 bits per heavy atom. The average molecular weight is 584 g/mol. The zero-order valence-electron chi connectivity index (χ0n) is 23.7. The van der Waals surface area contributed by atoms with E-state index in [2.05, 4.69) is 5.32 Å². The number of benzene rings is 3. The molecule has 2 amide bonds. The summed E-state index contributed by atoms with van der Waals surface area (Å²) in [6.45, 7) is 9.11. The Bertz CT molecular complexity index is 1410. The van der Waals surface area contributed by atoms with Crippen LogP contribution in [-0.4, -0.2) is 43.8 Å². The lowest BCUT2D eigenvalue weighted by molar-refractivity contribution is -0.140. The minimum Gasteiger partial charge on any atom is -0.352 e. The fourth-order valence-electron chi connectivity index (χ4n) is 4.34. The van der Waals surface area contributed by atoms with Crippen LogP contribution in [-0.2, 0) is 26.2 Å². The van der Waals surface area contributed by atoms with Gasteiger partial charge in [-0.3, -0.25) is 13.9 Å². The minimum absolute atomic E-state index is 0.0498. The van der Waals surface area contributed by atoms with Crippen LogP contribution in [0.4, 0.5) is 5.69 Å². The first-order valence-corrected chi connectivity index (χ1v) is 15.3. The number of carbonyl (C=O) groups excluding carboxylic acids is 2. The normalized spacial score (nSPS) is 12.8. The van der Waals surface area contributed by atoms with E-state index in [0.717, 1.165) is 21.9 Å². The summed E-state index contributed by atoms with van der Waals surface area (Å²) in [7, 11) is -4.15. The van der Waals surface area contributed by atoms with Crippen molar-refractivity contribution in [2.75, 3.05) is 10.8 Å². The molecule has 3 rings (SSSR count). The van der Waals surface area contributed by atoms with Crippen molar-refractivity contribution >= 4 is 39.1 Å². The second-order valence-corrected chi connectivity index (χ2v) is 12.3. The Hall–Kier alpha value is -3.36. The lowest BCUT2D eigenvalue weighted by atomic mass is 10.1. The molecule has 2 atom stereocenters. The number of anilines is 1. The van der Waals surface area contributed by atoms with Crippen molar-refractivity contribution in [2.24, 2.45) is 0 Å². The molecular formula is C31H38ClN3O4S. The molecule has 40 heavy (non-hydrogen) atoms. The van der Waals surface area contributed by atoms with Crippen LogP contribution in [0.1, 0.15) is 50.3 Å². The molecule has 0 saturated heterocycles. The highest BCUT2D eigenvalue weighted by Crippen LogP contribution is 2.30. The number of nitrogens with one attached hydrogen (secondary N) is 1. The second-order valence-electron chi connectivity index (χ2n) is 10.0. The van der Waals surface area contributed by atoms with Crippen molar-refractivity contribution in [1.29, 1.82) is 0 Å². The molecule has 0 spiro atoms. The van der Waals surface area contributed by atoms with Gasteiger partial charge in [0.05, 0.1) is 10.6 Å². The van der Waals surface area contributed by atoms with E-state index in [9.17, 15) is 18.0 Å². The Morgan fingerprint density at radius 1 is 0.925 bits per heavy atom. The molecule has 0 bridgehead atoms. The first kappa shape index (κ1) is 31.2. The monoisotopic (exact) mass is 583 g/mol. The second kappa shape index (κ2) is 13.8. The van der Waals surface area contributed by atoms with Gasteiger partial charge in [-0.1, -0.05) is 79.5 Å². The summed E-state index contributed by atoms with van der Waals surface area (Å²) in [6.07, 6.45) is 1.10. The van der Waals surface area contributed by atoms with E-state index in [0.29, 0.717) is 22.7 Å². The van der Waals surface area contributed by atoms with Gasteiger partial charge in [0, 0.05) is 17.6 Å². The zero-order chi connectivity index (χ0) is 29.4. The SMILES string of the molecule is CC[C@H](C(=O)N[C@@H](C)CC)N(Cc1ccc(C)cc1)C(=O)CN(c1cc(Cl)ccc1C)S(=O)(=O)c1ccccc1. The number of rotatable bonds is 12. The highest BCUT2D eigenvalue weighted by atomic mass is 35.5. The molecule has 3 aromatic carbocycles. The van der Waals surface area contributed by atoms with Gasteiger partial charge < -0.3 is 10.2 Å². The summed E-state index contributed by atoms with van der Waals surface area (Å²) in [5.41, 5.74) is 2.85. The van der Waals surface area contributed by atoms with Crippen molar-refractivity contribution in [1.82, 2.24) is 10.2 Å². The van der Waals surface area contributed by atoms with E-state index >= 15 is 0 Å². The van der Waals surface area contributed by atoms with Crippen molar-refractivity contribution in [3.05, 3.63) is 94.5 Å². The third kappa shape index (κ3) is 7.64. The molecule has 0 fully saturated rings. The van der Waals surface area contributed by atoms with Crippen molar-refractivity contribution in [3.8, 4) is 0 Å². The summed E-state index contributed by atoms with van der Waals surface area (Å²) in [6, 6.07) is 19.8. The molecule has 3 aromatic rings. The number of hydrogen-bond donors (Lipinski definition) is 1. The topological polar surface area (TPSA) is 86.8 Å². The highest BCUT2D eigenvalue weighted by molar-refractivity contribution is 7.92. The lowest BCUT2D eigenvalue weighted by Gasteiger charge is -2.34. The van der Waals surface area contributed by atoms with E-state index in [4.69, 9.17) is 11.6 Å². The molecule has 9 heteroatoms. The van der Waals surface area contributed by atoms with Gasteiger partial charge in [0.25, 0.3) is 10.0 Å². The molecule has 214 valence electrons. The molecule has 7 nitrogen and oxygen atoms in total. The van der Waals surface area contributed by atoms with Gasteiger partial charge in [0.15, 0.2) is 0 Å². The van der Waals surface area contributed by atoms with E-state index in [1.54, 1.807) is 43.3 Å². The fourth-order valence-corrected chi connectivity index (χ4v) is 5.99. The van der Waals surface area contributed by atoms with E-state index in [1.165, 1.54) is 17.0 Å². The lowest BCUT2D eigenvalue weighted by Crippen LogP contribution is -2.53. The van der Waals surface area contributed by atoms with Gasteiger partial charge in [0.1, 0.15) is 12.6 Å². The number of halogens is 1. The van der Waals surface area contributed by atoms with E-state index in [-0.39, 0.29) is 23.4 Å². The molecule has 0 aliphatic heterocycles. The summed E-state index contributed by atoms with van der Waals surface area (Å²) in [5.74, 6) is -0.765. The average Bonchev–Trinajstić information content (AvgIpc) is 2.94. The summed E-state index contributed by atoms with van der Waals surface area (Å²) >= 11 is 6.28. The number of amides is 2. The molecule has 0 heterocycles. The third-order valence-electron chi connectivity index (χ3n) is 6.91. The molecule has 0 saturated carbocycles. The molecular weight excluding hydrogens is 546 g/mol. The van der Waals surface area contributed by atoms with Crippen molar-refractivity contribution < 1.29 is 18.0 Å². The maximum Gasteiger partial charge on any atom is 0.264 e. The molecule has 0 unspecified atom stereocenters. The largest absolute Gasteiger partial charge is 0.352 e. The van der Waals surface area contributed by atoms with Crippen LogP contribution in [0.5, 0.6) is 0 Å². The van der Waals surface area contributed by atoms with Crippen LogP contribution in [0.25, 0.3) is 0 Å². The number of carbonyl (C=O) groups is 2. The number of aryl methyl sites for hydroxylation is 2. The summed E-state index contributed by atoms with van der Waals surface area (Å²) in [5, 5.41) is 3.33. The molecule has 1 N–H and O–H groups in total. The Morgan fingerprint density at radius 3 is 2.17 bits per heavy atom. The van der Waals surface area contributed by atoms with Gasteiger partial charge in [0.2, 0.25) is 11.8 Å². The van der Waals surface area contributed by atoms with E-state index in [1.807, 2.05) is 52.0 Å². The molecule has 0 aromatic heterocycles. The minimum atomic E-state index is -4.15. The van der Waals surface area contributed by atoms with Gasteiger partial charge >= 0.3 is 0 Å². The fraction of sp³-hybridized carbons (Fsp3) is 0.355. The summed E-state index contributed by atoms with van der Waals surface area (Å²) < 4.78 is 29.0. The predicted molar refractivity (Wildman–Crippen MR) is 161 cm³/mol. The van der Waals surface area contributed by atoms with E-state index < -0.39 is 28.5 Å². The van der Waals surface area contributed by atoms with Gasteiger partial charge in [-0.15, -0.1) is 0 Å². The van der Waals surface area contributed by atoms with Crippen molar-refractivity contribution in [2.45, 2.75) is 71.0 Å². The van der Waals surface area contributed by atoms with Crippen LogP contribution in [0.2, 0.25) is 5.02 Å². The third-order valence-corrected chi connectivity index (χ3v) is 8.92. The maximum absolute atomic E-state index is 14.1. The molecule has 0 radical (unpaired) electrons. The van der Waals surface area contributed by atoms with Crippen LogP contribution < -0.4 is 9.62 Å². The zero-order valence-corrected chi connectivity index (χ0v) is 25.3. The highest BCUT2D eigenvalue weighted by Gasteiger charge is 2.34. The molecule has 0 aliphatic carbocycles. The Balaban J connectivity index is 2.08. The number of nitrogens with zero attached hydrogens (tertiary/aromatic N) is 2. The van der Waals surface area contributed by atoms with Gasteiger partial charge in [-0.05, 0) is 69.0 Å². The Kier molecular flexibility index (Phi) is 10.8. The van der Waals surface area contributed by atoms with Gasteiger partial charge in [-0.25, -0.2) is 8.42 Å². The summed E-state index contributed by atoms with van der Waals surface area (Å²) in [4.78, 5) is 29.0. The van der Waals surface area contributed by atoms with Crippen LogP contribution in [0.15, 0.2) is 77.7 Å². The van der Waals surface area contributed by atoms with Crippen LogP contribution in [0, 0.1) is 13.8 Å². The Labute approximate surface area is 243 Å². The first-order chi connectivity index (χ1) is 19.0. The predicted octanol–water partition coefficient (Wildman–Crippen LogP) is 5.87. The molecule has 0 aliphatic rings. The van der Waals surface area contributed by atoms with Crippen molar-refractivity contribution in [3.63, 3.8) is 0 Å². The number of hydrogen-bond acceptors (Lipinski definition) is 4. The number of sulfonamides is 1. The quantitative estimate of drug-likeness (QED) is 0.289. The first-order valence-electron chi connectivity index (χ1n) is 13.5. The maximum atomic E-state index is 14.1. The van der Waals surface area contributed by atoms with Gasteiger partial charge in [-0.2, -0.15) is 0 Å². The van der Waals surface area contributed by atoms with Crippen LogP contribution in [0.3, 0.4) is 0 Å². The van der Waals surface area contributed by atoms with Crippen LogP contribution >= 0.6 is 11.6 Å². The standard InChI is InChI=1S/C31H38ClN3O4S/c1-6-24(5)33-31(37)28(7-2)34(20-25-16-13-22(3)14-17-25)30(36)21-35(29-19-26(32)18-15-23(29)4)40(38,39)27-11-9-8-10-12-27/h8-19,24,28H,6-7,20-21H2,1-5H3,(H,33,37)/t24-,28+/m0/s1.